The number of ether oxygens (including phenoxy) is 1. The van der Waals surface area contributed by atoms with Crippen molar-refractivity contribution in [1.29, 1.82) is 0 Å². The van der Waals surface area contributed by atoms with Gasteiger partial charge in [-0.25, -0.2) is 5.01 Å². The molecule has 1 aliphatic heterocycles. The second-order valence-electron chi connectivity index (χ2n) is 5.96. The van der Waals surface area contributed by atoms with Crippen LogP contribution in [0.3, 0.4) is 0 Å². The molecule has 2 amide bonds. The number of carbonyl (C=O) groups is 2. The van der Waals surface area contributed by atoms with Gasteiger partial charge in [-0.05, 0) is 23.8 Å². The molecule has 1 aromatic heterocycles. The first-order valence-electron chi connectivity index (χ1n) is 7.95. The van der Waals surface area contributed by atoms with E-state index in [1.54, 1.807) is 7.11 Å². The third-order valence-electron chi connectivity index (χ3n) is 4.49. The first kappa shape index (κ1) is 15.3. The van der Waals surface area contributed by atoms with Crippen LogP contribution in [0.5, 0.6) is 5.75 Å². The van der Waals surface area contributed by atoms with Crippen LogP contribution in [-0.4, -0.2) is 28.9 Å². The van der Waals surface area contributed by atoms with E-state index in [4.69, 9.17) is 4.74 Å². The van der Waals surface area contributed by atoms with Crippen LogP contribution in [-0.2, 0) is 4.79 Å². The van der Waals surface area contributed by atoms with E-state index in [-0.39, 0.29) is 11.8 Å². The van der Waals surface area contributed by atoms with Gasteiger partial charge in [-0.15, -0.1) is 0 Å². The number of carbonyl (C=O) groups excluding carboxylic acids is 2. The molecule has 0 spiro atoms. The Labute approximate surface area is 144 Å². The van der Waals surface area contributed by atoms with Crippen LogP contribution in [0.25, 0.3) is 10.9 Å². The molecule has 1 atom stereocenters. The lowest BCUT2D eigenvalue weighted by Gasteiger charge is -2.35. The van der Waals surface area contributed by atoms with E-state index >= 15 is 0 Å². The predicted octanol–water partition coefficient (Wildman–Crippen LogP) is 2.77. The summed E-state index contributed by atoms with van der Waals surface area (Å²) in [6.07, 6.45) is 0. The van der Waals surface area contributed by atoms with Crippen LogP contribution < -0.4 is 10.2 Å². The number of methoxy groups -OCH3 is 1. The number of fused-ring (bicyclic) bond motifs is 3. The van der Waals surface area contributed by atoms with Gasteiger partial charge in [-0.3, -0.25) is 15.0 Å². The molecule has 0 fully saturated rings. The Morgan fingerprint density at radius 3 is 2.52 bits per heavy atom. The van der Waals surface area contributed by atoms with Crippen molar-refractivity contribution in [3.05, 3.63) is 65.4 Å². The second kappa shape index (κ2) is 5.66. The topological polar surface area (TPSA) is 74.4 Å². The van der Waals surface area contributed by atoms with Crippen LogP contribution >= 0.6 is 0 Å². The van der Waals surface area contributed by atoms with Gasteiger partial charge in [-0.2, -0.15) is 0 Å². The monoisotopic (exact) mass is 335 g/mol. The summed E-state index contributed by atoms with van der Waals surface area (Å²) in [5.74, 6) is 0.209. The van der Waals surface area contributed by atoms with Crippen molar-refractivity contribution < 1.29 is 14.3 Å². The van der Waals surface area contributed by atoms with Crippen molar-refractivity contribution in [3.8, 4) is 5.75 Å². The number of rotatable bonds is 2. The number of hydrogen-bond acceptors (Lipinski definition) is 3. The highest BCUT2D eigenvalue weighted by atomic mass is 16.5. The number of H-pyrrole nitrogens is 1. The number of hydrogen-bond donors (Lipinski definition) is 2. The molecule has 4 rings (SSSR count). The maximum absolute atomic E-state index is 12.6. The summed E-state index contributed by atoms with van der Waals surface area (Å²) in [4.78, 5) is 28.1. The van der Waals surface area contributed by atoms with E-state index in [1.165, 1.54) is 11.9 Å². The normalized spacial score (nSPS) is 16.5. The van der Waals surface area contributed by atoms with Crippen molar-refractivity contribution in [2.75, 3.05) is 7.11 Å². The van der Waals surface area contributed by atoms with Gasteiger partial charge in [0.25, 0.3) is 5.91 Å². The van der Waals surface area contributed by atoms with E-state index < -0.39 is 6.04 Å². The Bertz CT molecular complexity index is 975. The first-order valence-corrected chi connectivity index (χ1v) is 7.95. The van der Waals surface area contributed by atoms with Crippen molar-refractivity contribution in [2.45, 2.75) is 13.0 Å². The van der Waals surface area contributed by atoms with Gasteiger partial charge in [0, 0.05) is 17.8 Å². The fourth-order valence-electron chi connectivity index (χ4n) is 3.33. The quantitative estimate of drug-likeness (QED) is 0.756. The molecule has 3 aromatic rings. The molecule has 0 saturated carbocycles. The number of nitrogens with zero attached hydrogens (tertiary/aromatic N) is 1. The van der Waals surface area contributed by atoms with Gasteiger partial charge in [0.1, 0.15) is 11.8 Å². The average molecular weight is 335 g/mol. The number of aromatic nitrogens is 1. The van der Waals surface area contributed by atoms with Crippen molar-refractivity contribution in [2.24, 2.45) is 0 Å². The fourth-order valence-corrected chi connectivity index (χ4v) is 3.33. The SMILES string of the molecule is COc1ccc(C2c3[nH]c4ccccc4c3C(=O)NN2C(C)=O)cc1. The predicted molar refractivity (Wildman–Crippen MR) is 93.1 cm³/mol. The minimum Gasteiger partial charge on any atom is -0.497 e. The molecule has 1 unspecified atom stereocenters. The standard InChI is InChI=1S/C19H17N3O3/c1-11(23)22-18(12-7-9-13(25-2)10-8-12)17-16(19(24)21-22)14-5-3-4-6-15(14)20-17/h3-10,18,20H,1-2H3,(H,21,24). The third kappa shape index (κ3) is 2.34. The summed E-state index contributed by atoms with van der Waals surface area (Å²) in [7, 11) is 1.60. The highest BCUT2D eigenvalue weighted by molar-refractivity contribution is 6.09. The zero-order chi connectivity index (χ0) is 17.6. The highest BCUT2D eigenvalue weighted by Crippen LogP contribution is 2.37. The Balaban J connectivity index is 1.94. The van der Waals surface area contributed by atoms with E-state index in [1.807, 2.05) is 48.5 Å². The Morgan fingerprint density at radius 2 is 1.84 bits per heavy atom. The van der Waals surface area contributed by atoms with Crippen molar-refractivity contribution in [1.82, 2.24) is 15.4 Å². The fraction of sp³-hybridized carbons (Fsp3) is 0.158. The van der Waals surface area contributed by atoms with Gasteiger partial charge in [0.15, 0.2) is 0 Å². The summed E-state index contributed by atoms with van der Waals surface area (Å²) in [5, 5.41) is 2.21. The van der Waals surface area contributed by atoms with Crippen LogP contribution in [0.2, 0.25) is 0 Å². The zero-order valence-corrected chi connectivity index (χ0v) is 13.9. The van der Waals surface area contributed by atoms with Gasteiger partial charge < -0.3 is 9.72 Å². The largest absolute Gasteiger partial charge is 0.497 e. The smallest absolute Gasteiger partial charge is 0.272 e. The molecule has 2 heterocycles. The highest BCUT2D eigenvalue weighted by Gasteiger charge is 2.37. The molecular formula is C19H17N3O3. The van der Waals surface area contributed by atoms with Crippen LogP contribution in [0.4, 0.5) is 0 Å². The van der Waals surface area contributed by atoms with E-state index in [9.17, 15) is 9.59 Å². The van der Waals surface area contributed by atoms with E-state index in [0.717, 1.165) is 22.2 Å². The molecule has 6 heteroatoms. The van der Waals surface area contributed by atoms with Crippen molar-refractivity contribution >= 4 is 22.7 Å². The Kier molecular flexibility index (Phi) is 3.46. The summed E-state index contributed by atoms with van der Waals surface area (Å²) in [5.41, 5.74) is 5.76. The number of amides is 2. The molecule has 0 saturated heterocycles. The van der Waals surface area contributed by atoms with Crippen molar-refractivity contribution in [3.63, 3.8) is 0 Å². The minimum atomic E-state index is -0.427. The summed E-state index contributed by atoms with van der Waals surface area (Å²) >= 11 is 0. The first-order chi connectivity index (χ1) is 12.1. The molecule has 1 aliphatic rings. The lowest BCUT2D eigenvalue weighted by Crippen LogP contribution is -2.51. The van der Waals surface area contributed by atoms with Gasteiger partial charge in [0.05, 0.1) is 18.4 Å². The summed E-state index contributed by atoms with van der Waals surface area (Å²) in [6, 6.07) is 14.7. The number of hydrazine groups is 1. The number of benzene rings is 2. The molecular weight excluding hydrogens is 318 g/mol. The Morgan fingerprint density at radius 1 is 1.12 bits per heavy atom. The maximum Gasteiger partial charge on any atom is 0.272 e. The molecule has 0 bridgehead atoms. The molecule has 0 radical (unpaired) electrons. The molecule has 126 valence electrons. The van der Waals surface area contributed by atoms with Gasteiger partial charge in [0.2, 0.25) is 5.91 Å². The lowest BCUT2D eigenvalue weighted by atomic mass is 9.96. The maximum atomic E-state index is 12.6. The third-order valence-corrected chi connectivity index (χ3v) is 4.49. The molecule has 2 aromatic carbocycles. The van der Waals surface area contributed by atoms with E-state index in [0.29, 0.717) is 11.3 Å². The zero-order valence-electron chi connectivity index (χ0n) is 13.9. The van der Waals surface area contributed by atoms with Crippen LogP contribution in [0.1, 0.15) is 34.6 Å². The average Bonchev–Trinajstić information content (AvgIpc) is 3.01. The number of aromatic amines is 1. The van der Waals surface area contributed by atoms with Gasteiger partial charge >= 0.3 is 0 Å². The van der Waals surface area contributed by atoms with Gasteiger partial charge in [-0.1, -0.05) is 30.3 Å². The molecule has 2 N–H and O–H groups in total. The molecule has 6 nitrogen and oxygen atoms in total. The Hall–Kier alpha value is -3.28. The second-order valence-corrected chi connectivity index (χ2v) is 5.96. The minimum absolute atomic E-state index is 0.238. The number of nitrogens with one attached hydrogen (secondary N) is 2. The molecule has 0 aliphatic carbocycles. The number of para-hydroxylation sites is 1. The lowest BCUT2D eigenvalue weighted by molar-refractivity contribution is -0.133. The summed E-state index contributed by atoms with van der Waals surface area (Å²) < 4.78 is 5.21. The molecule has 25 heavy (non-hydrogen) atoms. The van der Waals surface area contributed by atoms with Crippen LogP contribution in [0.15, 0.2) is 48.5 Å². The summed E-state index contributed by atoms with van der Waals surface area (Å²) in [6.45, 7) is 1.43. The van der Waals surface area contributed by atoms with E-state index in [2.05, 4.69) is 10.4 Å². The van der Waals surface area contributed by atoms with Crippen LogP contribution in [0, 0.1) is 0 Å².